The van der Waals surface area contributed by atoms with Crippen LogP contribution >= 0.6 is 11.5 Å². The number of nitrogen functional groups attached to an aromatic ring is 1. The van der Waals surface area contributed by atoms with Gasteiger partial charge in [0.25, 0.3) is 0 Å². The van der Waals surface area contributed by atoms with Gasteiger partial charge in [-0.1, -0.05) is 12.6 Å². The van der Waals surface area contributed by atoms with Crippen molar-refractivity contribution >= 4 is 28.5 Å². The van der Waals surface area contributed by atoms with Crippen molar-refractivity contribution in [1.82, 2.24) is 28.9 Å². The van der Waals surface area contributed by atoms with E-state index in [1.165, 1.54) is 11.5 Å². The highest BCUT2D eigenvalue weighted by Gasteiger charge is 2.25. The van der Waals surface area contributed by atoms with E-state index in [1.54, 1.807) is 26.4 Å². The summed E-state index contributed by atoms with van der Waals surface area (Å²) in [5.74, 6) is 2.60. The predicted octanol–water partition coefficient (Wildman–Crippen LogP) is 5.81. The number of hydrogen-bond acceptors (Lipinski definition) is 9. The second-order valence-corrected chi connectivity index (χ2v) is 10.6. The summed E-state index contributed by atoms with van der Waals surface area (Å²) in [6.07, 6.45) is 3.45. The molecule has 196 valence electrons. The highest BCUT2D eigenvalue weighted by atomic mass is 32.1. The van der Waals surface area contributed by atoms with Gasteiger partial charge in [0.05, 0.1) is 18.1 Å². The normalized spacial score (nSPS) is 11.2. The molecule has 0 aliphatic rings. The summed E-state index contributed by atoms with van der Waals surface area (Å²) < 4.78 is 12.2. The van der Waals surface area contributed by atoms with Gasteiger partial charge in [0.1, 0.15) is 22.4 Å². The highest BCUT2D eigenvalue weighted by Crippen LogP contribution is 2.39. The van der Waals surface area contributed by atoms with Crippen LogP contribution in [0, 0.1) is 6.92 Å². The monoisotopic (exact) mass is 528 g/mol. The maximum atomic E-state index is 5.66. The number of rotatable bonds is 4. The van der Waals surface area contributed by atoms with Crippen LogP contribution in [0.5, 0.6) is 5.75 Å². The Morgan fingerprint density at radius 3 is 2.26 bits per heavy atom. The molecular formula is C28H32N8OS. The van der Waals surface area contributed by atoms with Crippen molar-refractivity contribution in [2.75, 3.05) is 12.8 Å². The van der Waals surface area contributed by atoms with E-state index in [2.05, 4.69) is 69.4 Å². The second-order valence-electron chi connectivity index (χ2n) is 9.88. The second kappa shape index (κ2) is 10.6. The third kappa shape index (κ3) is 5.65. The minimum Gasteiger partial charge on any atom is -0.497 e. The summed E-state index contributed by atoms with van der Waals surface area (Å²) in [6, 6.07) is 12.2. The molecule has 0 radical (unpaired) electrons. The molecular weight excluding hydrogens is 496 g/mol. The number of imidazole rings is 1. The van der Waals surface area contributed by atoms with Crippen LogP contribution in [0.2, 0.25) is 0 Å². The van der Waals surface area contributed by atoms with Crippen molar-refractivity contribution in [2.24, 2.45) is 5.73 Å². The molecule has 9 nitrogen and oxygen atoms in total. The van der Waals surface area contributed by atoms with Crippen molar-refractivity contribution < 1.29 is 4.74 Å². The molecule has 0 amide bonds. The summed E-state index contributed by atoms with van der Waals surface area (Å²) in [6.45, 7) is 13.5. The molecule has 4 N–H and O–H groups in total. The van der Waals surface area contributed by atoms with Crippen LogP contribution in [-0.4, -0.2) is 36.0 Å². The molecule has 0 fully saturated rings. The lowest BCUT2D eigenvalue weighted by atomic mass is 10.0. The largest absolute Gasteiger partial charge is 0.497 e. The van der Waals surface area contributed by atoms with Gasteiger partial charge in [-0.25, -0.2) is 19.9 Å². The zero-order chi connectivity index (χ0) is 27.6. The van der Waals surface area contributed by atoms with Crippen molar-refractivity contribution in [3.63, 3.8) is 0 Å². The van der Waals surface area contributed by atoms with Crippen LogP contribution in [-0.2, 0) is 5.54 Å². The molecule has 0 aliphatic heterocycles. The lowest BCUT2D eigenvalue weighted by molar-refractivity contribution is 0.410. The molecule has 3 heterocycles. The maximum Gasteiger partial charge on any atom is 0.219 e. The van der Waals surface area contributed by atoms with Gasteiger partial charge in [0.15, 0.2) is 0 Å². The van der Waals surface area contributed by atoms with Gasteiger partial charge in [0.2, 0.25) is 5.95 Å². The Morgan fingerprint density at radius 1 is 1.00 bits per heavy atom. The summed E-state index contributed by atoms with van der Waals surface area (Å²) in [5, 5.41) is 0.849. The van der Waals surface area contributed by atoms with Crippen LogP contribution < -0.4 is 16.2 Å². The molecule has 0 unspecified atom stereocenters. The fourth-order valence-corrected chi connectivity index (χ4v) is 4.74. The van der Waals surface area contributed by atoms with E-state index in [-0.39, 0.29) is 11.5 Å². The first-order chi connectivity index (χ1) is 18.0. The topological polar surface area (TPSA) is 131 Å². The number of anilines is 1. The molecule has 38 heavy (non-hydrogen) atoms. The number of nitrogens with zero attached hydrogens (tertiary/aromatic N) is 6. The van der Waals surface area contributed by atoms with E-state index in [0.717, 1.165) is 55.7 Å². The SMILES string of the molecule is C=C(C)N.COc1ccc(-c2nc(C)ns2)c(-c2nc3cc(-c4cnc(N)nc4)ccc3n2C(C)(C)C)c1. The van der Waals surface area contributed by atoms with E-state index < -0.39 is 0 Å². The van der Waals surface area contributed by atoms with Crippen molar-refractivity contribution in [3.05, 3.63) is 66.9 Å². The molecule has 0 saturated heterocycles. The maximum absolute atomic E-state index is 5.66. The molecule has 0 aliphatic carbocycles. The van der Waals surface area contributed by atoms with Gasteiger partial charge < -0.3 is 20.8 Å². The fourth-order valence-electron chi connectivity index (χ4n) is 4.03. The lowest BCUT2D eigenvalue weighted by Crippen LogP contribution is -2.22. The summed E-state index contributed by atoms with van der Waals surface area (Å²) in [7, 11) is 1.67. The van der Waals surface area contributed by atoms with E-state index in [1.807, 2.05) is 25.1 Å². The summed E-state index contributed by atoms with van der Waals surface area (Å²) in [5.41, 5.74) is 16.7. The van der Waals surface area contributed by atoms with Gasteiger partial charge in [-0.2, -0.15) is 4.37 Å². The third-order valence-corrected chi connectivity index (χ3v) is 6.40. The average molecular weight is 529 g/mol. The third-order valence-electron chi connectivity index (χ3n) is 5.56. The van der Waals surface area contributed by atoms with Gasteiger partial charge in [-0.05, 0) is 87.7 Å². The Balaban J connectivity index is 0.000000786. The molecule has 2 aromatic carbocycles. The molecule has 0 saturated carbocycles. The first kappa shape index (κ1) is 26.7. The van der Waals surface area contributed by atoms with Gasteiger partial charge in [-0.15, -0.1) is 0 Å². The standard InChI is InChI=1S/C25H25N7OS.C3H7N/c1-14-29-23(34-31-14)18-8-7-17(33-5)11-19(18)22-30-20-10-15(16-12-27-24(26)28-13-16)6-9-21(20)32(22)25(2,3)4;1-3(2)4/h6-13H,1-5H3,(H2,26,27,28);1,4H2,2H3. The van der Waals surface area contributed by atoms with Gasteiger partial charge in [-0.3, -0.25) is 0 Å². The number of allylic oxidation sites excluding steroid dienone is 1. The molecule has 5 rings (SSSR count). The fraction of sp³-hybridized carbons (Fsp3) is 0.250. The molecule has 5 aromatic rings. The van der Waals surface area contributed by atoms with Crippen LogP contribution in [0.1, 0.15) is 33.5 Å². The molecule has 3 aromatic heterocycles. The Morgan fingerprint density at radius 2 is 1.68 bits per heavy atom. The predicted molar refractivity (Wildman–Crippen MR) is 155 cm³/mol. The number of aryl methyl sites for hydroxylation is 1. The number of benzene rings is 2. The Labute approximate surface area is 226 Å². The van der Waals surface area contributed by atoms with Crippen molar-refractivity contribution in [1.29, 1.82) is 0 Å². The first-order valence-corrected chi connectivity index (χ1v) is 12.8. The van der Waals surface area contributed by atoms with Crippen molar-refractivity contribution in [3.8, 4) is 38.8 Å². The smallest absolute Gasteiger partial charge is 0.219 e. The molecule has 0 spiro atoms. The molecule has 0 bridgehead atoms. The summed E-state index contributed by atoms with van der Waals surface area (Å²) >= 11 is 1.38. The minimum absolute atomic E-state index is 0.229. The number of aromatic nitrogens is 6. The van der Waals surface area contributed by atoms with E-state index in [4.69, 9.17) is 21.2 Å². The number of ether oxygens (including phenoxy) is 1. The van der Waals surface area contributed by atoms with Crippen LogP contribution in [0.25, 0.3) is 44.1 Å². The quantitative estimate of drug-likeness (QED) is 0.299. The first-order valence-electron chi connectivity index (χ1n) is 12.0. The van der Waals surface area contributed by atoms with Crippen LogP contribution in [0.4, 0.5) is 5.95 Å². The zero-order valence-corrected chi connectivity index (χ0v) is 23.3. The Bertz CT molecular complexity index is 1590. The summed E-state index contributed by atoms with van der Waals surface area (Å²) in [4.78, 5) is 18.0. The Kier molecular flexibility index (Phi) is 7.45. The van der Waals surface area contributed by atoms with Crippen LogP contribution in [0.3, 0.4) is 0 Å². The van der Waals surface area contributed by atoms with E-state index >= 15 is 0 Å². The lowest BCUT2D eigenvalue weighted by Gasteiger charge is -2.25. The number of methoxy groups -OCH3 is 1. The Hall–Kier alpha value is -4.31. The highest BCUT2D eigenvalue weighted by molar-refractivity contribution is 7.09. The number of fused-ring (bicyclic) bond motifs is 1. The minimum atomic E-state index is -0.229. The van der Waals surface area contributed by atoms with Gasteiger partial charge in [0, 0.05) is 34.6 Å². The van der Waals surface area contributed by atoms with Crippen molar-refractivity contribution in [2.45, 2.75) is 40.2 Å². The number of nitrogens with two attached hydrogens (primary N) is 2. The van der Waals surface area contributed by atoms with E-state index in [0.29, 0.717) is 5.70 Å². The molecule has 0 atom stereocenters. The van der Waals surface area contributed by atoms with Gasteiger partial charge >= 0.3 is 0 Å². The van der Waals surface area contributed by atoms with Crippen LogP contribution in [0.15, 0.2) is 61.1 Å². The average Bonchev–Trinajstić information content (AvgIpc) is 3.46. The molecule has 10 heteroatoms. The number of hydrogen-bond donors (Lipinski definition) is 2. The van der Waals surface area contributed by atoms with E-state index in [9.17, 15) is 0 Å². The zero-order valence-electron chi connectivity index (χ0n) is 22.5.